The topological polar surface area (TPSA) is 108 Å². The van der Waals surface area contributed by atoms with Crippen molar-refractivity contribution in [2.45, 2.75) is 31.4 Å². The van der Waals surface area contributed by atoms with Crippen LogP contribution in [0.15, 0.2) is 24.2 Å². The molecule has 1 amide bonds. The summed E-state index contributed by atoms with van der Waals surface area (Å²) in [7, 11) is 0. The molecule has 2 heterocycles. The lowest BCUT2D eigenvalue weighted by Gasteiger charge is -2.34. The zero-order chi connectivity index (χ0) is 13.4. The van der Waals surface area contributed by atoms with Gasteiger partial charge in [0.2, 0.25) is 0 Å². The van der Waals surface area contributed by atoms with Crippen LogP contribution < -0.4 is 11.1 Å². The van der Waals surface area contributed by atoms with Crippen LogP contribution in [0.25, 0.3) is 0 Å². The van der Waals surface area contributed by atoms with Gasteiger partial charge in [0.05, 0.1) is 12.6 Å². The van der Waals surface area contributed by atoms with E-state index in [1.165, 1.54) is 4.90 Å². The highest BCUT2D eigenvalue weighted by atomic mass is 16.5. The number of carbonyl (C=O) groups is 1. The molecule has 0 aromatic rings. The average molecular weight is 255 g/mol. The van der Waals surface area contributed by atoms with Crippen molar-refractivity contribution in [1.29, 1.82) is 0 Å². The van der Waals surface area contributed by atoms with Crippen molar-refractivity contribution in [3.05, 3.63) is 24.2 Å². The summed E-state index contributed by atoms with van der Waals surface area (Å²) < 4.78 is 5.47. The first-order valence-corrected chi connectivity index (χ1v) is 5.62. The molecule has 1 saturated heterocycles. The second kappa shape index (κ2) is 4.69. The monoisotopic (exact) mass is 255 g/mol. The Bertz CT molecular complexity index is 409. The van der Waals surface area contributed by atoms with Crippen molar-refractivity contribution in [2.75, 3.05) is 6.61 Å². The van der Waals surface area contributed by atoms with Crippen LogP contribution >= 0.6 is 0 Å². The van der Waals surface area contributed by atoms with Crippen molar-refractivity contribution in [1.82, 2.24) is 10.2 Å². The number of nitrogens with two attached hydrogens (primary N) is 1. The van der Waals surface area contributed by atoms with Gasteiger partial charge in [-0.3, -0.25) is 4.79 Å². The van der Waals surface area contributed by atoms with Crippen molar-refractivity contribution in [3.8, 4) is 0 Å². The van der Waals surface area contributed by atoms with E-state index >= 15 is 0 Å². The molecule has 0 aromatic heterocycles. The SMILES string of the molecule is C=C1NC(=O)C(C)=CN1[C@@H]1O[C@H](CO)C(N)[C@@H]1O. The molecule has 0 radical (unpaired) electrons. The van der Waals surface area contributed by atoms with E-state index in [1.807, 2.05) is 0 Å². The lowest BCUT2D eigenvalue weighted by Crippen LogP contribution is -2.49. The van der Waals surface area contributed by atoms with Gasteiger partial charge in [0, 0.05) is 11.8 Å². The number of hydrogen-bond acceptors (Lipinski definition) is 6. The molecule has 7 heteroatoms. The Morgan fingerprint density at radius 1 is 1.67 bits per heavy atom. The molecular weight excluding hydrogens is 238 g/mol. The molecule has 2 rings (SSSR count). The Hall–Kier alpha value is -1.41. The molecule has 1 unspecified atom stereocenters. The third-order valence-electron chi connectivity index (χ3n) is 3.14. The fourth-order valence-electron chi connectivity index (χ4n) is 2.02. The third-order valence-corrected chi connectivity index (χ3v) is 3.14. The Kier molecular flexibility index (Phi) is 3.40. The van der Waals surface area contributed by atoms with Crippen LogP contribution in [0.1, 0.15) is 6.92 Å². The van der Waals surface area contributed by atoms with Crippen LogP contribution in [-0.4, -0.2) is 52.1 Å². The quantitative estimate of drug-likeness (QED) is 0.463. The van der Waals surface area contributed by atoms with Crippen molar-refractivity contribution < 1.29 is 19.7 Å². The van der Waals surface area contributed by atoms with Crippen LogP contribution in [0, 0.1) is 0 Å². The number of rotatable bonds is 2. The Morgan fingerprint density at radius 3 is 2.89 bits per heavy atom. The molecule has 2 aliphatic heterocycles. The van der Waals surface area contributed by atoms with Crippen LogP contribution in [0.5, 0.6) is 0 Å². The highest BCUT2D eigenvalue weighted by molar-refractivity contribution is 5.94. The fourth-order valence-corrected chi connectivity index (χ4v) is 2.02. The maximum Gasteiger partial charge on any atom is 0.253 e. The first kappa shape index (κ1) is 13.0. The second-order valence-corrected chi connectivity index (χ2v) is 4.44. The van der Waals surface area contributed by atoms with Gasteiger partial charge < -0.3 is 30.9 Å². The molecule has 100 valence electrons. The number of amides is 1. The van der Waals surface area contributed by atoms with Gasteiger partial charge in [-0.05, 0) is 6.92 Å². The molecule has 0 bridgehead atoms. The maximum atomic E-state index is 11.4. The van der Waals surface area contributed by atoms with Gasteiger partial charge in [0.15, 0.2) is 6.23 Å². The minimum atomic E-state index is -0.974. The van der Waals surface area contributed by atoms with E-state index in [2.05, 4.69) is 11.9 Å². The minimum absolute atomic E-state index is 0.244. The first-order chi connectivity index (χ1) is 8.45. The molecule has 7 nitrogen and oxygen atoms in total. The molecule has 0 aromatic carbocycles. The highest BCUT2D eigenvalue weighted by Crippen LogP contribution is 2.26. The number of nitrogens with zero attached hydrogens (tertiary/aromatic N) is 1. The smallest absolute Gasteiger partial charge is 0.253 e. The van der Waals surface area contributed by atoms with Crippen LogP contribution in [0.2, 0.25) is 0 Å². The van der Waals surface area contributed by atoms with E-state index in [1.54, 1.807) is 13.1 Å². The van der Waals surface area contributed by atoms with Gasteiger partial charge in [-0.15, -0.1) is 0 Å². The molecule has 4 atom stereocenters. The fraction of sp³-hybridized carbons (Fsp3) is 0.545. The summed E-state index contributed by atoms with van der Waals surface area (Å²) in [6, 6.07) is -0.681. The normalized spacial score (nSPS) is 36.7. The van der Waals surface area contributed by atoms with Crippen LogP contribution in [0.4, 0.5) is 0 Å². The van der Waals surface area contributed by atoms with Crippen LogP contribution in [-0.2, 0) is 9.53 Å². The largest absolute Gasteiger partial charge is 0.394 e. The molecular formula is C11H17N3O4. The number of aliphatic hydroxyl groups is 2. The summed E-state index contributed by atoms with van der Waals surface area (Å²) >= 11 is 0. The van der Waals surface area contributed by atoms with E-state index in [0.29, 0.717) is 11.4 Å². The summed E-state index contributed by atoms with van der Waals surface area (Å²) in [5, 5.41) is 21.6. The van der Waals surface area contributed by atoms with Gasteiger partial charge in [0.25, 0.3) is 5.91 Å². The van der Waals surface area contributed by atoms with Crippen LogP contribution in [0.3, 0.4) is 0 Å². The molecule has 0 spiro atoms. The number of ether oxygens (including phenoxy) is 1. The average Bonchev–Trinajstić information content (AvgIpc) is 2.61. The van der Waals surface area contributed by atoms with Crippen molar-refractivity contribution in [3.63, 3.8) is 0 Å². The third kappa shape index (κ3) is 2.01. The van der Waals surface area contributed by atoms with Gasteiger partial charge in [0.1, 0.15) is 18.0 Å². The Morgan fingerprint density at radius 2 is 2.33 bits per heavy atom. The molecule has 5 N–H and O–H groups in total. The molecule has 2 aliphatic rings. The zero-order valence-corrected chi connectivity index (χ0v) is 10.0. The van der Waals surface area contributed by atoms with E-state index in [0.717, 1.165) is 0 Å². The number of aliphatic hydroxyl groups excluding tert-OH is 2. The zero-order valence-electron chi connectivity index (χ0n) is 10.0. The minimum Gasteiger partial charge on any atom is -0.394 e. The maximum absolute atomic E-state index is 11.4. The summed E-state index contributed by atoms with van der Waals surface area (Å²) in [6.45, 7) is 5.06. The molecule has 1 fully saturated rings. The van der Waals surface area contributed by atoms with Gasteiger partial charge in [-0.25, -0.2) is 0 Å². The molecule has 0 aliphatic carbocycles. The van der Waals surface area contributed by atoms with Gasteiger partial charge in [-0.2, -0.15) is 0 Å². The number of hydrogen-bond donors (Lipinski definition) is 4. The van der Waals surface area contributed by atoms with E-state index < -0.39 is 24.5 Å². The van der Waals surface area contributed by atoms with E-state index in [9.17, 15) is 9.90 Å². The van der Waals surface area contributed by atoms with Gasteiger partial charge >= 0.3 is 0 Å². The van der Waals surface area contributed by atoms with Crippen molar-refractivity contribution in [2.24, 2.45) is 5.73 Å². The molecule has 0 saturated carbocycles. The number of nitrogens with one attached hydrogen (secondary N) is 1. The second-order valence-electron chi connectivity index (χ2n) is 4.44. The Labute approximate surface area is 105 Å². The van der Waals surface area contributed by atoms with E-state index in [-0.39, 0.29) is 12.5 Å². The summed E-state index contributed by atoms with van der Waals surface area (Å²) in [5.74, 6) is 0.0622. The van der Waals surface area contributed by atoms with E-state index in [4.69, 9.17) is 15.6 Å². The van der Waals surface area contributed by atoms with Crippen molar-refractivity contribution >= 4 is 5.91 Å². The standard InChI is InChI=1S/C11H17N3O4/c1-5-3-14(6(2)13-10(5)17)11-9(16)8(12)7(4-15)18-11/h3,7-9,11,15-16H,2,4,12H2,1H3,(H,13,17)/t7-,8?,9+,11-/m1/s1. The summed E-state index contributed by atoms with van der Waals surface area (Å²) in [6.07, 6.45) is -0.830. The first-order valence-electron chi connectivity index (χ1n) is 5.62. The highest BCUT2D eigenvalue weighted by Gasteiger charge is 2.45. The predicted octanol–water partition coefficient (Wildman–Crippen LogP) is -1.80. The summed E-state index contributed by atoms with van der Waals surface area (Å²) in [5.41, 5.74) is 6.21. The Balaban J connectivity index is 2.22. The summed E-state index contributed by atoms with van der Waals surface area (Å²) in [4.78, 5) is 12.9. The lowest BCUT2D eigenvalue weighted by molar-refractivity contribution is -0.119. The molecule has 18 heavy (non-hydrogen) atoms. The predicted molar refractivity (Wildman–Crippen MR) is 62.6 cm³/mol. The van der Waals surface area contributed by atoms with Gasteiger partial charge in [-0.1, -0.05) is 6.58 Å². The number of carbonyl (C=O) groups excluding carboxylic acids is 1. The lowest BCUT2D eigenvalue weighted by atomic mass is 10.1.